The van der Waals surface area contributed by atoms with Crippen molar-refractivity contribution in [3.63, 3.8) is 0 Å². The first-order chi connectivity index (χ1) is 17.3. The van der Waals surface area contributed by atoms with Crippen LogP contribution in [0.25, 0.3) is 10.8 Å². The van der Waals surface area contributed by atoms with Crippen LogP contribution in [-0.4, -0.2) is 38.9 Å². The van der Waals surface area contributed by atoms with Gasteiger partial charge in [-0.05, 0) is 48.8 Å². The fraction of sp³-hybridized carbons (Fsp3) is 0.429. The van der Waals surface area contributed by atoms with Crippen LogP contribution in [0.15, 0.2) is 42.5 Å². The molecular formula is C28H34N2O5S. The predicted molar refractivity (Wildman–Crippen MR) is 145 cm³/mol. The molecule has 36 heavy (non-hydrogen) atoms. The number of ether oxygens (including phenoxy) is 3. The van der Waals surface area contributed by atoms with Crippen LogP contribution in [0.3, 0.4) is 0 Å². The molecule has 4 rings (SSSR count). The lowest BCUT2D eigenvalue weighted by Crippen LogP contribution is -2.20. The number of esters is 1. The smallest absolute Gasteiger partial charge is 0.340 e. The van der Waals surface area contributed by atoms with Gasteiger partial charge >= 0.3 is 12.0 Å². The second kappa shape index (κ2) is 11.3. The van der Waals surface area contributed by atoms with Gasteiger partial charge in [-0.2, -0.15) is 0 Å². The molecule has 0 unspecified atom stereocenters. The molecule has 1 saturated heterocycles. The third-order valence-electron chi connectivity index (χ3n) is 6.36. The molecule has 1 fully saturated rings. The van der Waals surface area contributed by atoms with Gasteiger partial charge in [0.25, 0.3) is 0 Å². The van der Waals surface area contributed by atoms with Gasteiger partial charge in [0.05, 0.1) is 25.0 Å². The molecule has 2 heterocycles. The number of hydrogen-bond donors (Lipinski definition) is 2. The average molecular weight is 511 g/mol. The molecule has 0 atom stereocenters. The zero-order valence-electron chi connectivity index (χ0n) is 21.3. The summed E-state index contributed by atoms with van der Waals surface area (Å²) in [5.41, 5.74) is 0.841. The minimum Gasteiger partial charge on any atom is -0.493 e. The lowest BCUT2D eigenvalue weighted by atomic mass is 9.94. The van der Waals surface area contributed by atoms with E-state index in [2.05, 4.69) is 31.4 Å². The van der Waals surface area contributed by atoms with E-state index >= 15 is 0 Å². The Hall–Kier alpha value is -3.10. The number of anilines is 2. The number of thiophene rings is 1. The molecular weight excluding hydrogens is 476 g/mol. The summed E-state index contributed by atoms with van der Waals surface area (Å²) in [6.45, 7) is 8.49. The Labute approximate surface area is 216 Å². The Balaban J connectivity index is 1.48. The Morgan fingerprint density at radius 1 is 1.06 bits per heavy atom. The van der Waals surface area contributed by atoms with Crippen LogP contribution in [0.4, 0.5) is 15.5 Å². The van der Waals surface area contributed by atoms with Gasteiger partial charge in [-0.15, -0.1) is 11.3 Å². The highest BCUT2D eigenvalue weighted by molar-refractivity contribution is 7.16. The van der Waals surface area contributed by atoms with Crippen LogP contribution in [0, 0.1) is 5.92 Å². The van der Waals surface area contributed by atoms with E-state index in [9.17, 15) is 9.59 Å². The van der Waals surface area contributed by atoms with Gasteiger partial charge in [0.15, 0.2) is 0 Å². The largest absolute Gasteiger partial charge is 0.493 e. The van der Waals surface area contributed by atoms with Gasteiger partial charge in [-0.3, -0.25) is 5.32 Å². The molecule has 3 aromatic rings. The molecule has 0 spiro atoms. The van der Waals surface area contributed by atoms with Gasteiger partial charge < -0.3 is 19.5 Å². The second-order valence-corrected chi connectivity index (χ2v) is 11.1. The molecule has 0 radical (unpaired) electrons. The van der Waals surface area contributed by atoms with Gasteiger partial charge in [0, 0.05) is 28.9 Å². The number of benzene rings is 2. The van der Waals surface area contributed by atoms with Crippen LogP contribution >= 0.6 is 11.3 Å². The molecule has 0 saturated carbocycles. The van der Waals surface area contributed by atoms with Crippen LogP contribution in [-0.2, 0) is 14.9 Å². The van der Waals surface area contributed by atoms with Crippen LogP contribution in [0.2, 0.25) is 0 Å². The Morgan fingerprint density at radius 2 is 1.78 bits per heavy atom. The SMILES string of the molecule is COC(=O)c1cc(C(C)(C)C)sc1NC(=O)Nc1ccc(OCCC2CCOCC2)c2ccccc12. The summed E-state index contributed by atoms with van der Waals surface area (Å²) in [5, 5.41) is 8.05. The van der Waals surface area contributed by atoms with Crippen molar-refractivity contribution in [3.8, 4) is 5.75 Å². The van der Waals surface area contributed by atoms with E-state index < -0.39 is 12.0 Å². The molecule has 1 aliphatic rings. The van der Waals surface area contributed by atoms with Gasteiger partial charge in [0.2, 0.25) is 0 Å². The Bertz CT molecular complexity index is 1220. The van der Waals surface area contributed by atoms with Crippen LogP contribution < -0.4 is 15.4 Å². The molecule has 8 heteroatoms. The summed E-state index contributed by atoms with van der Waals surface area (Å²) in [4.78, 5) is 26.3. The molecule has 7 nitrogen and oxygen atoms in total. The highest BCUT2D eigenvalue weighted by Crippen LogP contribution is 2.37. The van der Waals surface area contributed by atoms with Crippen molar-refractivity contribution in [1.29, 1.82) is 0 Å². The van der Waals surface area contributed by atoms with Crippen LogP contribution in [0.5, 0.6) is 5.75 Å². The zero-order chi connectivity index (χ0) is 25.7. The first-order valence-electron chi connectivity index (χ1n) is 12.3. The third kappa shape index (κ3) is 6.17. The number of methoxy groups -OCH3 is 1. The van der Waals surface area contributed by atoms with Crippen molar-refractivity contribution in [2.24, 2.45) is 5.92 Å². The number of carbonyl (C=O) groups is 2. The molecule has 1 aliphatic heterocycles. The van der Waals surface area contributed by atoms with E-state index in [0.717, 1.165) is 53.9 Å². The fourth-order valence-electron chi connectivity index (χ4n) is 4.25. The number of fused-ring (bicyclic) bond motifs is 1. The first-order valence-corrected chi connectivity index (χ1v) is 13.1. The standard InChI is InChI=1S/C28H34N2O5S/c1-28(2,3)24-17-21(26(31)33-4)25(36-24)30-27(32)29-22-9-10-23(20-8-6-5-7-19(20)22)35-16-13-18-11-14-34-15-12-18/h5-10,17-18H,11-16H2,1-4H3,(H2,29,30,32). The number of nitrogens with one attached hydrogen (secondary N) is 2. The summed E-state index contributed by atoms with van der Waals surface area (Å²) in [6.07, 6.45) is 3.17. The van der Waals surface area contributed by atoms with Gasteiger partial charge in [0.1, 0.15) is 10.8 Å². The minimum absolute atomic E-state index is 0.166. The summed E-state index contributed by atoms with van der Waals surface area (Å²) in [7, 11) is 1.33. The summed E-state index contributed by atoms with van der Waals surface area (Å²) >= 11 is 1.38. The summed E-state index contributed by atoms with van der Waals surface area (Å²) in [5.74, 6) is 0.954. The lowest BCUT2D eigenvalue weighted by molar-refractivity contribution is 0.0593. The summed E-state index contributed by atoms with van der Waals surface area (Å²) < 4.78 is 16.5. The second-order valence-electron chi connectivity index (χ2n) is 10.0. The normalized spacial score (nSPS) is 14.4. The average Bonchev–Trinajstić information content (AvgIpc) is 3.29. The van der Waals surface area contributed by atoms with E-state index in [0.29, 0.717) is 28.8 Å². The summed E-state index contributed by atoms with van der Waals surface area (Å²) in [6, 6.07) is 12.9. The van der Waals surface area contributed by atoms with Gasteiger partial charge in [-0.25, -0.2) is 9.59 Å². The molecule has 2 amide bonds. The van der Waals surface area contributed by atoms with E-state index in [1.54, 1.807) is 6.07 Å². The number of hydrogen-bond acceptors (Lipinski definition) is 6. The highest BCUT2D eigenvalue weighted by atomic mass is 32.1. The minimum atomic E-state index is -0.482. The van der Waals surface area contributed by atoms with E-state index in [-0.39, 0.29) is 5.41 Å². The molecule has 0 bridgehead atoms. The zero-order valence-corrected chi connectivity index (χ0v) is 22.1. The van der Waals surface area contributed by atoms with Crippen molar-refractivity contribution in [3.05, 3.63) is 52.9 Å². The molecule has 1 aromatic heterocycles. The van der Waals surface area contributed by atoms with Crippen molar-refractivity contribution < 1.29 is 23.8 Å². The number of amides is 2. The van der Waals surface area contributed by atoms with Crippen LogP contribution in [0.1, 0.15) is 55.3 Å². The molecule has 2 N–H and O–H groups in total. The van der Waals surface area contributed by atoms with Gasteiger partial charge in [-0.1, -0.05) is 45.0 Å². The number of rotatable bonds is 7. The number of carbonyl (C=O) groups excluding carboxylic acids is 2. The maximum atomic E-state index is 13.0. The monoisotopic (exact) mass is 510 g/mol. The number of urea groups is 1. The predicted octanol–water partition coefficient (Wildman–Crippen LogP) is 6.82. The quantitative estimate of drug-likeness (QED) is 0.341. The molecule has 192 valence electrons. The molecule has 2 aromatic carbocycles. The third-order valence-corrected chi connectivity index (χ3v) is 7.84. The van der Waals surface area contributed by atoms with Crippen molar-refractivity contribution in [2.75, 3.05) is 37.6 Å². The van der Waals surface area contributed by atoms with Crippen molar-refractivity contribution in [1.82, 2.24) is 0 Å². The van der Waals surface area contributed by atoms with E-state index in [4.69, 9.17) is 14.2 Å². The maximum Gasteiger partial charge on any atom is 0.340 e. The molecule has 0 aliphatic carbocycles. The Morgan fingerprint density at radius 3 is 2.47 bits per heavy atom. The van der Waals surface area contributed by atoms with Crippen molar-refractivity contribution >= 4 is 44.8 Å². The van der Waals surface area contributed by atoms with Crippen molar-refractivity contribution in [2.45, 2.75) is 45.4 Å². The topological polar surface area (TPSA) is 85.9 Å². The first kappa shape index (κ1) is 26.0. The van der Waals surface area contributed by atoms with E-state index in [1.165, 1.54) is 18.4 Å². The van der Waals surface area contributed by atoms with E-state index in [1.807, 2.05) is 36.4 Å². The lowest BCUT2D eigenvalue weighted by Gasteiger charge is -2.22. The maximum absolute atomic E-state index is 13.0. The Kier molecular flexibility index (Phi) is 8.16. The highest BCUT2D eigenvalue weighted by Gasteiger charge is 2.24. The fourth-order valence-corrected chi connectivity index (χ4v) is 5.35.